The van der Waals surface area contributed by atoms with E-state index >= 15 is 0 Å². The Balaban J connectivity index is 2.10. The zero-order valence-electron chi connectivity index (χ0n) is 10.7. The van der Waals surface area contributed by atoms with Gasteiger partial charge in [0, 0.05) is 17.3 Å². The van der Waals surface area contributed by atoms with Crippen LogP contribution in [0, 0.1) is 0 Å². The fourth-order valence-electron chi connectivity index (χ4n) is 2.32. The van der Waals surface area contributed by atoms with Crippen molar-refractivity contribution in [3.8, 4) is 17.4 Å². The minimum Gasteiger partial charge on any atom is -0.481 e. The molecule has 2 heterocycles. The largest absolute Gasteiger partial charge is 0.481 e. The van der Waals surface area contributed by atoms with Gasteiger partial charge in [-0.25, -0.2) is 20.8 Å². The number of hydrogen-bond acceptors (Lipinski definition) is 6. The van der Waals surface area contributed by atoms with Gasteiger partial charge in [0.05, 0.1) is 7.11 Å². The van der Waals surface area contributed by atoms with E-state index in [1.807, 2.05) is 12.1 Å². The third-order valence-corrected chi connectivity index (χ3v) is 3.23. The number of nitrogens with one attached hydrogen (secondary N) is 1. The Hall–Kier alpha value is -2.21. The molecule has 0 bridgehead atoms. The molecule has 3 N–H and O–H groups in total. The number of hydrazine groups is 1. The van der Waals surface area contributed by atoms with E-state index in [4.69, 9.17) is 10.6 Å². The van der Waals surface area contributed by atoms with Crippen LogP contribution in [-0.4, -0.2) is 22.1 Å². The van der Waals surface area contributed by atoms with Crippen molar-refractivity contribution in [1.82, 2.24) is 15.0 Å². The summed E-state index contributed by atoms with van der Waals surface area (Å²) in [6.45, 7) is 0. The summed E-state index contributed by atoms with van der Waals surface area (Å²) in [5.74, 6) is 7.36. The van der Waals surface area contributed by atoms with E-state index in [0.29, 0.717) is 23.2 Å². The molecule has 3 rings (SSSR count). The van der Waals surface area contributed by atoms with E-state index in [1.54, 1.807) is 13.2 Å². The Morgan fingerprint density at radius 1 is 1.21 bits per heavy atom. The van der Waals surface area contributed by atoms with Crippen LogP contribution >= 0.6 is 0 Å². The van der Waals surface area contributed by atoms with Crippen LogP contribution in [0.5, 0.6) is 5.88 Å². The average molecular weight is 257 g/mol. The molecule has 0 unspecified atom stereocenters. The van der Waals surface area contributed by atoms with E-state index in [0.717, 1.165) is 30.5 Å². The molecule has 2 aromatic heterocycles. The second-order valence-corrected chi connectivity index (χ2v) is 4.38. The van der Waals surface area contributed by atoms with Crippen LogP contribution in [-0.2, 0) is 12.8 Å². The fourth-order valence-corrected chi connectivity index (χ4v) is 2.32. The molecule has 1 aliphatic carbocycles. The van der Waals surface area contributed by atoms with Gasteiger partial charge >= 0.3 is 0 Å². The van der Waals surface area contributed by atoms with Crippen LogP contribution < -0.4 is 16.0 Å². The molecular formula is C13H15N5O. The Labute approximate surface area is 111 Å². The van der Waals surface area contributed by atoms with Crippen molar-refractivity contribution < 1.29 is 4.74 Å². The second-order valence-electron chi connectivity index (χ2n) is 4.38. The summed E-state index contributed by atoms with van der Waals surface area (Å²) < 4.78 is 5.12. The molecule has 98 valence electrons. The Bertz CT molecular complexity index is 614. The molecule has 0 aromatic carbocycles. The Morgan fingerprint density at radius 2 is 2.11 bits per heavy atom. The normalized spacial score (nSPS) is 13.2. The van der Waals surface area contributed by atoms with Crippen LogP contribution in [0.1, 0.15) is 17.7 Å². The van der Waals surface area contributed by atoms with Crippen LogP contribution in [0.2, 0.25) is 0 Å². The third-order valence-electron chi connectivity index (χ3n) is 3.23. The van der Waals surface area contributed by atoms with Crippen LogP contribution in [0.3, 0.4) is 0 Å². The number of ether oxygens (including phenoxy) is 1. The molecule has 2 aromatic rings. The summed E-state index contributed by atoms with van der Waals surface area (Å²) in [5.41, 5.74) is 5.52. The number of nitrogens with two attached hydrogens (primary N) is 1. The first kappa shape index (κ1) is 11.9. The SMILES string of the molecule is COc1cccc(-c2nc3c(c(NN)n2)CCC3)n1. The molecule has 0 spiro atoms. The van der Waals surface area contributed by atoms with Crippen molar-refractivity contribution in [2.75, 3.05) is 12.5 Å². The molecule has 6 nitrogen and oxygen atoms in total. The van der Waals surface area contributed by atoms with E-state index in [9.17, 15) is 0 Å². The van der Waals surface area contributed by atoms with Gasteiger partial charge in [-0.3, -0.25) is 0 Å². The topological polar surface area (TPSA) is 86.0 Å². The minimum atomic E-state index is 0.545. The van der Waals surface area contributed by atoms with Crippen molar-refractivity contribution in [3.05, 3.63) is 29.5 Å². The predicted octanol–water partition coefficient (Wildman–Crippen LogP) is 1.32. The van der Waals surface area contributed by atoms with Gasteiger partial charge in [0.2, 0.25) is 5.88 Å². The maximum atomic E-state index is 5.54. The predicted molar refractivity (Wildman–Crippen MR) is 71.7 cm³/mol. The fraction of sp³-hybridized carbons (Fsp3) is 0.308. The number of fused-ring (bicyclic) bond motifs is 1. The number of aryl methyl sites for hydroxylation is 1. The van der Waals surface area contributed by atoms with Crippen LogP contribution in [0.4, 0.5) is 5.82 Å². The zero-order valence-corrected chi connectivity index (χ0v) is 10.7. The lowest BCUT2D eigenvalue weighted by molar-refractivity contribution is 0.398. The number of hydrogen-bond donors (Lipinski definition) is 2. The lowest BCUT2D eigenvalue weighted by Gasteiger charge is -2.09. The highest BCUT2D eigenvalue weighted by molar-refractivity contribution is 5.57. The molecule has 1 aliphatic rings. The number of aromatic nitrogens is 3. The first-order chi connectivity index (χ1) is 9.31. The smallest absolute Gasteiger partial charge is 0.213 e. The van der Waals surface area contributed by atoms with Gasteiger partial charge in [0.1, 0.15) is 11.5 Å². The summed E-state index contributed by atoms with van der Waals surface area (Å²) in [4.78, 5) is 13.4. The molecule has 0 saturated carbocycles. The van der Waals surface area contributed by atoms with Gasteiger partial charge in [0.15, 0.2) is 5.82 Å². The number of pyridine rings is 1. The molecule has 6 heteroatoms. The molecule has 0 saturated heterocycles. The summed E-state index contributed by atoms with van der Waals surface area (Å²) in [7, 11) is 1.59. The number of anilines is 1. The molecule has 0 radical (unpaired) electrons. The number of rotatable bonds is 3. The lowest BCUT2D eigenvalue weighted by Crippen LogP contribution is -2.13. The van der Waals surface area contributed by atoms with Crippen molar-refractivity contribution in [2.24, 2.45) is 5.84 Å². The summed E-state index contributed by atoms with van der Waals surface area (Å²) in [6, 6.07) is 5.52. The van der Waals surface area contributed by atoms with Crippen molar-refractivity contribution in [3.63, 3.8) is 0 Å². The highest BCUT2D eigenvalue weighted by atomic mass is 16.5. The highest BCUT2D eigenvalue weighted by Gasteiger charge is 2.19. The Morgan fingerprint density at radius 3 is 2.89 bits per heavy atom. The van der Waals surface area contributed by atoms with Crippen LogP contribution in [0.25, 0.3) is 11.5 Å². The van der Waals surface area contributed by atoms with Crippen molar-refractivity contribution in [1.29, 1.82) is 0 Å². The number of nitrogens with zero attached hydrogens (tertiary/aromatic N) is 3. The molecule has 0 aliphatic heterocycles. The minimum absolute atomic E-state index is 0.545. The van der Waals surface area contributed by atoms with Crippen LogP contribution in [0.15, 0.2) is 18.2 Å². The number of nitrogen functional groups attached to an aromatic ring is 1. The van der Waals surface area contributed by atoms with Gasteiger partial charge in [-0.05, 0) is 25.3 Å². The maximum Gasteiger partial charge on any atom is 0.213 e. The molecular weight excluding hydrogens is 242 g/mol. The number of methoxy groups -OCH3 is 1. The first-order valence-electron chi connectivity index (χ1n) is 6.19. The summed E-state index contributed by atoms with van der Waals surface area (Å²) in [5, 5.41) is 0. The summed E-state index contributed by atoms with van der Waals surface area (Å²) in [6.07, 6.45) is 3.03. The average Bonchev–Trinajstić information content (AvgIpc) is 2.94. The maximum absolute atomic E-state index is 5.54. The quantitative estimate of drug-likeness (QED) is 0.637. The standard InChI is InChI=1S/C13H15N5O/c1-19-11-7-3-6-10(15-11)13-16-9-5-2-4-8(9)12(17-13)18-14/h3,6-7H,2,4-5,14H2,1H3,(H,16,17,18). The van der Waals surface area contributed by atoms with Crippen molar-refractivity contribution in [2.45, 2.75) is 19.3 Å². The summed E-state index contributed by atoms with van der Waals surface area (Å²) >= 11 is 0. The zero-order chi connectivity index (χ0) is 13.2. The van der Waals surface area contributed by atoms with Crippen molar-refractivity contribution >= 4 is 5.82 Å². The van der Waals surface area contributed by atoms with Gasteiger partial charge in [-0.15, -0.1) is 0 Å². The molecule has 0 atom stereocenters. The second kappa shape index (κ2) is 4.81. The Kier molecular flexibility index (Phi) is 3.00. The monoisotopic (exact) mass is 257 g/mol. The van der Waals surface area contributed by atoms with Gasteiger partial charge in [0.25, 0.3) is 0 Å². The molecule has 19 heavy (non-hydrogen) atoms. The highest BCUT2D eigenvalue weighted by Crippen LogP contribution is 2.28. The molecule has 0 fully saturated rings. The third kappa shape index (κ3) is 2.10. The van der Waals surface area contributed by atoms with E-state index in [1.165, 1.54) is 0 Å². The van der Waals surface area contributed by atoms with Gasteiger partial charge < -0.3 is 10.2 Å². The van der Waals surface area contributed by atoms with E-state index in [2.05, 4.69) is 20.4 Å². The van der Waals surface area contributed by atoms with E-state index < -0.39 is 0 Å². The first-order valence-corrected chi connectivity index (χ1v) is 6.19. The van der Waals surface area contributed by atoms with E-state index in [-0.39, 0.29) is 0 Å². The lowest BCUT2D eigenvalue weighted by atomic mass is 10.2. The molecule has 0 amide bonds. The van der Waals surface area contributed by atoms with Gasteiger partial charge in [-0.2, -0.15) is 0 Å². The van der Waals surface area contributed by atoms with Gasteiger partial charge in [-0.1, -0.05) is 6.07 Å².